The van der Waals surface area contributed by atoms with Gasteiger partial charge in [0, 0.05) is 12.6 Å². The summed E-state index contributed by atoms with van der Waals surface area (Å²) in [5.74, 6) is -0.956. The summed E-state index contributed by atoms with van der Waals surface area (Å²) in [6.45, 7) is 3.52. The number of aromatic nitrogens is 4. The van der Waals surface area contributed by atoms with E-state index in [4.69, 9.17) is 5.11 Å². The number of hydrogen-bond acceptors (Lipinski definition) is 5. The Morgan fingerprint density at radius 3 is 3.00 bits per heavy atom. The van der Waals surface area contributed by atoms with Crippen molar-refractivity contribution in [2.24, 2.45) is 5.92 Å². The lowest BCUT2D eigenvalue weighted by Gasteiger charge is -2.24. The molecule has 3 rings (SSSR count). The van der Waals surface area contributed by atoms with E-state index in [0.717, 1.165) is 17.8 Å². The molecule has 0 bridgehead atoms. The minimum atomic E-state index is -0.702. The van der Waals surface area contributed by atoms with Gasteiger partial charge in [-0.2, -0.15) is 0 Å². The minimum Gasteiger partial charge on any atom is -0.481 e. The van der Waals surface area contributed by atoms with Crippen LogP contribution < -0.4 is 0 Å². The van der Waals surface area contributed by atoms with E-state index in [2.05, 4.69) is 27.3 Å². The zero-order valence-corrected chi connectivity index (χ0v) is 11.8. The number of carboxylic acid groups (broad SMARTS) is 1. The summed E-state index contributed by atoms with van der Waals surface area (Å²) in [5.41, 5.74) is 2.03. The first-order valence-corrected chi connectivity index (χ1v) is 6.95. The van der Waals surface area contributed by atoms with E-state index in [1.165, 1.54) is 0 Å². The van der Waals surface area contributed by atoms with E-state index < -0.39 is 5.97 Å². The molecular formula is C14H17N5O2. The van der Waals surface area contributed by atoms with Gasteiger partial charge >= 0.3 is 5.97 Å². The number of benzene rings is 1. The highest BCUT2D eigenvalue weighted by atomic mass is 16.4. The lowest BCUT2D eigenvalue weighted by atomic mass is 10.1. The Morgan fingerprint density at radius 1 is 1.48 bits per heavy atom. The summed E-state index contributed by atoms with van der Waals surface area (Å²) >= 11 is 0. The van der Waals surface area contributed by atoms with Crippen molar-refractivity contribution in [3.8, 4) is 5.69 Å². The highest BCUT2D eigenvalue weighted by molar-refractivity contribution is 5.70. The van der Waals surface area contributed by atoms with Crippen molar-refractivity contribution < 1.29 is 9.90 Å². The largest absolute Gasteiger partial charge is 0.481 e. The first-order valence-electron chi connectivity index (χ1n) is 6.95. The average Bonchev–Trinajstić information content (AvgIpc) is 3.18. The summed E-state index contributed by atoms with van der Waals surface area (Å²) in [6, 6.07) is 8.16. The molecule has 2 atom stereocenters. The summed E-state index contributed by atoms with van der Waals surface area (Å²) in [5, 5.41) is 20.3. The normalized spacial score (nSPS) is 20.5. The summed E-state index contributed by atoms with van der Waals surface area (Å²) in [7, 11) is 0. The van der Waals surface area contributed by atoms with E-state index in [9.17, 15) is 4.79 Å². The van der Waals surface area contributed by atoms with Crippen LogP contribution in [0.15, 0.2) is 30.6 Å². The van der Waals surface area contributed by atoms with Crippen molar-refractivity contribution >= 4 is 5.97 Å². The fraction of sp³-hybridized carbons (Fsp3) is 0.429. The molecule has 7 heteroatoms. The monoisotopic (exact) mass is 287 g/mol. The van der Waals surface area contributed by atoms with Crippen LogP contribution in [0.5, 0.6) is 0 Å². The van der Waals surface area contributed by atoms with Crippen molar-refractivity contribution in [2.45, 2.75) is 19.4 Å². The third-order valence-electron chi connectivity index (χ3n) is 4.08. The second kappa shape index (κ2) is 5.61. The quantitative estimate of drug-likeness (QED) is 0.907. The Balaban J connectivity index is 1.78. The molecule has 1 aromatic carbocycles. The molecule has 2 heterocycles. The lowest BCUT2D eigenvalue weighted by Crippen LogP contribution is -2.26. The van der Waals surface area contributed by atoms with Gasteiger partial charge in [0.05, 0.1) is 11.6 Å². The molecule has 1 aliphatic heterocycles. The molecule has 21 heavy (non-hydrogen) atoms. The fourth-order valence-electron chi connectivity index (χ4n) is 2.76. The third-order valence-corrected chi connectivity index (χ3v) is 4.08. The zero-order chi connectivity index (χ0) is 14.8. The molecule has 1 fully saturated rings. The molecule has 2 aromatic rings. The first kappa shape index (κ1) is 13.7. The van der Waals surface area contributed by atoms with Gasteiger partial charge in [0.1, 0.15) is 6.33 Å². The smallest absolute Gasteiger partial charge is 0.307 e. The van der Waals surface area contributed by atoms with Gasteiger partial charge in [-0.1, -0.05) is 12.1 Å². The highest BCUT2D eigenvalue weighted by Gasteiger charge is 2.31. The molecule has 0 spiro atoms. The molecule has 0 saturated carbocycles. The molecule has 1 N–H and O–H groups in total. The van der Waals surface area contributed by atoms with Gasteiger partial charge in [0.2, 0.25) is 0 Å². The number of likely N-dealkylation sites (tertiary alicyclic amines) is 1. The SMILES string of the molecule is CC(c1cccc(-n2cnnn2)c1)N1CCC(C(=O)O)C1. The number of hydrogen-bond donors (Lipinski definition) is 1. The van der Waals surface area contributed by atoms with E-state index >= 15 is 0 Å². The van der Waals surface area contributed by atoms with Gasteiger partial charge in [-0.25, -0.2) is 4.68 Å². The number of tetrazole rings is 1. The highest BCUT2D eigenvalue weighted by Crippen LogP contribution is 2.28. The Bertz CT molecular complexity index is 628. The molecule has 110 valence electrons. The van der Waals surface area contributed by atoms with Crippen molar-refractivity contribution in [2.75, 3.05) is 13.1 Å². The van der Waals surface area contributed by atoms with Crippen LogP contribution in [0.2, 0.25) is 0 Å². The second-order valence-corrected chi connectivity index (χ2v) is 5.34. The number of rotatable bonds is 4. The average molecular weight is 287 g/mol. The van der Waals surface area contributed by atoms with Crippen molar-refractivity contribution in [1.82, 2.24) is 25.1 Å². The van der Waals surface area contributed by atoms with Crippen molar-refractivity contribution in [1.29, 1.82) is 0 Å². The maximum absolute atomic E-state index is 11.1. The summed E-state index contributed by atoms with van der Waals surface area (Å²) < 4.78 is 1.61. The van der Waals surface area contributed by atoms with Gasteiger partial charge in [0.25, 0.3) is 0 Å². The van der Waals surface area contributed by atoms with Crippen LogP contribution in [0.3, 0.4) is 0 Å². The van der Waals surface area contributed by atoms with Gasteiger partial charge in [-0.3, -0.25) is 9.69 Å². The molecule has 0 radical (unpaired) electrons. The van der Waals surface area contributed by atoms with Crippen LogP contribution >= 0.6 is 0 Å². The zero-order valence-electron chi connectivity index (χ0n) is 11.8. The Morgan fingerprint density at radius 2 is 2.33 bits per heavy atom. The lowest BCUT2D eigenvalue weighted by molar-refractivity contribution is -0.141. The molecule has 0 amide bonds. The topological polar surface area (TPSA) is 84.1 Å². The van der Waals surface area contributed by atoms with Gasteiger partial charge in [-0.05, 0) is 48.0 Å². The third kappa shape index (κ3) is 2.78. The molecule has 1 aromatic heterocycles. The van der Waals surface area contributed by atoms with Crippen LogP contribution in [-0.2, 0) is 4.79 Å². The predicted molar refractivity (Wildman–Crippen MR) is 74.9 cm³/mol. The molecular weight excluding hydrogens is 270 g/mol. The maximum atomic E-state index is 11.1. The van der Waals surface area contributed by atoms with Crippen LogP contribution in [0.25, 0.3) is 5.69 Å². The predicted octanol–water partition coefficient (Wildman–Crippen LogP) is 1.13. The number of nitrogens with zero attached hydrogens (tertiary/aromatic N) is 5. The molecule has 1 aliphatic rings. The van der Waals surface area contributed by atoms with E-state index in [0.29, 0.717) is 13.0 Å². The molecule has 2 unspecified atom stereocenters. The molecule has 1 saturated heterocycles. The van der Waals surface area contributed by atoms with Crippen molar-refractivity contribution in [3.05, 3.63) is 36.2 Å². The van der Waals surface area contributed by atoms with E-state index in [-0.39, 0.29) is 12.0 Å². The van der Waals surface area contributed by atoms with Crippen LogP contribution in [0.1, 0.15) is 24.9 Å². The van der Waals surface area contributed by atoms with Gasteiger partial charge < -0.3 is 5.11 Å². The minimum absolute atomic E-state index is 0.172. The second-order valence-electron chi connectivity index (χ2n) is 5.34. The number of aliphatic carboxylic acids is 1. The van der Waals surface area contributed by atoms with E-state index in [1.54, 1.807) is 11.0 Å². The van der Waals surface area contributed by atoms with Crippen LogP contribution in [0, 0.1) is 5.92 Å². The van der Waals surface area contributed by atoms with Gasteiger partial charge in [-0.15, -0.1) is 5.10 Å². The Hall–Kier alpha value is -2.28. The Labute approximate surface area is 122 Å². The number of carboxylic acids is 1. The number of carbonyl (C=O) groups is 1. The van der Waals surface area contributed by atoms with Crippen LogP contribution in [0.4, 0.5) is 0 Å². The van der Waals surface area contributed by atoms with Crippen molar-refractivity contribution in [3.63, 3.8) is 0 Å². The molecule has 7 nitrogen and oxygen atoms in total. The van der Waals surface area contributed by atoms with Gasteiger partial charge in [0.15, 0.2) is 0 Å². The maximum Gasteiger partial charge on any atom is 0.307 e. The summed E-state index contributed by atoms with van der Waals surface area (Å²) in [4.78, 5) is 13.3. The fourth-order valence-corrected chi connectivity index (χ4v) is 2.76. The van der Waals surface area contributed by atoms with Crippen LogP contribution in [-0.4, -0.2) is 49.3 Å². The molecule has 0 aliphatic carbocycles. The van der Waals surface area contributed by atoms with E-state index in [1.807, 2.05) is 24.3 Å². The Kier molecular flexibility index (Phi) is 3.66. The summed E-state index contributed by atoms with van der Waals surface area (Å²) in [6.07, 6.45) is 2.27. The standard InChI is InChI=1S/C14H17N5O2/c1-10(18-6-5-12(8-18)14(20)21)11-3-2-4-13(7-11)19-9-15-16-17-19/h2-4,7,9-10,12H,5-6,8H2,1H3,(H,20,21). The first-order chi connectivity index (χ1) is 10.1.